The first kappa shape index (κ1) is 16.4. The zero-order valence-electron chi connectivity index (χ0n) is 13.3. The highest BCUT2D eigenvalue weighted by molar-refractivity contribution is 7.14. The summed E-state index contributed by atoms with van der Waals surface area (Å²) in [4.78, 5) is 34.3. The van der Waals surface area contributed by atoms with Crippen molar-refractivity contribution in [2.24, 2.45) is 5.92 Å². The van der Waals surface area contributed by atoms with Crippen molar-refractivity contribution in [1.29, 1.82) is 0 Å². The van der Waals surface area contributed by atoms with E-state index in [1.807, 2.05) is 18.2 Å². The molecule has 1 aliphatic heterocycles. The van der Waals surface area contributed by atoms with Crippen LogP contribution in [0.3, 0.4) is 0 Å². The predicted octanol–water partition coefficient (Wildman–Crippen LogP) is 2.31. The van der Waals surface area contributed by atoms with Crippen LogP contribution < -0.4 is 5.32 Å². The number of nitrogens with zero attached hydrogens (tertiary/aromatic N) is 3. The molecular formula is C16H18N4O3S. The highest BCUT2D eigenvalue weighted by Crippen LogP contribution is 2.23. The van der Waals surface area contributed by atoms with Gasteiger partial charge in [-0.05, 0) is 25.0 Å². The molecule has 0 unspecified atom stereocenters. The summed E-state index contributed by atoms with van der Waals surface area (Å²) in [6, 6.07) is 5.54. The second kappa shape index (κ2) is 7.39. The molecule has 1 aliphatic rings. The molecular weight excluding hydrogens is 328 g/mol. The van der Waals surface area contributed by atoms with Gasteiger partial charge in [-0.3, -0.25) is 9.59 Å². The molecule has 1 amide bonds. The van der Waals surface area contributed by atoms with Gasteiger partial charge >= 0.3 is 5.97 Å². The van der Waals surface area contributed by atoms with Gasteiger partial charge in [0.05, 0.1) is 13.0 Å². The van der Waals surface area contributed by atoms with Gasteiger partial charge in [-0.25, -0.2) is 9.97 Å². The smallest absolute Gasteiger partial charge is 0.308 e. The van der Waals surface area contributed by atoms with Crippen LogP contribution in [-0.2, 0) is 9.53 Å². The van der Waals surface area contributed by atoms with Gasteiger partial charge in [0.25, 0.3) is 5.91 Å². The average molecular weight is 346 g/mol. The van der Waals surface area contributed by atoms with Gasteiger partial charge in [0.1, 0.15) is 11.5 Å². The number of thiazole rings is 1. The number of hydrogen-bond acceptors (Lipinski definition) is 7. The normalized spacial score (nSPS) is 15.1. The maximum atomic E-state index is 12.5. The predicted molar refractivity (Wildman–Crippen MR) is 90.3 cm³/mol. The number of ether oxygens (including phenoxy) is 1. The van der Waals surface area contributed by atoms with Gasteiger partial charge in [0.2, 0.25) is 0 Å². The van der Waals surface area contributed by atoms with Crippen molar-refractivity contribution in [2.75, 3.05) is 25.5 Å². The summed E-state index contributed by atoms with van der Waals surface area (Å²) in [5.41, 5.74) is 0.412. The van der Waals surface area contributed by atoms with Gasteiger partial charge in [0, 0.05) is 24.7 Å². The van der Waals surface area contributed by atoms with Crippen LogP contribution in [0, 0.1) is 5.92 Å². The zero-order valence-corrected chi connectivity index (χ0v) is 14.1. The molecule has 0 aromatic carbocycles. The number of anilines is 2. The van der Waals surface area contributed by atoms with E-state index in [1.165, 1.54) is 18.4 Å². The highest BCUT2D eigenvalue weighted by atomic mass is 32.1. The molecule has 1 fully saturated rings. The van der Waals surface area contributed by atoms with E-state index in [2.05, 4.69) is 15.3 Å². The van der Waals surface area contributed by atoms with Crippen LogP contribution in [-0.4, -0.2) is 46.9 Å². The topological polar surface area (TPSA) is 84.4 Å². The van der Waals surface area contributed by atoms with Crippen LogP contribution >= 0.6 is 11.3 Å². The molecule has 1 N–H and O–H groups in total. The number of carbonyl (C=O) groups is 2. The van der Waals surface area contributed by atoms with E-state index in [1.54, 1.807) is 16.5 Å². The number of amides is 1. The number of piperidine rings is 1. The molecule has 0 aliphatic carbocycles. The van der Waals surface area contributed by atoms with Gasteiger partial charge in [-0.1, -0.05) is 6.07 Å². The summed E-state index contributed by atoms with van der Waals surface area (Å²) in [5.74, 6) is 0.266. The molecule has 0 bridgehead atoms. The Kier molecular flexibility index (Phi) is 5.05. The molecule has 8 heteroatoms. The molecule has 0 atom stereocenters. The molecule has 1 saturated heterocycles. The van der Waals surface area contributed by atoms with Crippen molar-refractivity contribution in [3.8, 4) is 0 Å². The summed E-state index contributed by atoms with van der Waals surface area (Å²) in [5, 5.41) is 5.44. The first-order chi connectivity index (χ1) is 11.7. The minimum absolute atomic E-state index is 0.108. The number of likely N-dealkylation sites (tertiary alicyclic amines) is 1. The number of carbonyl (C=O) groups excluding carboxylic acids is 2. The van der Waals surface area contributed by atoms with E-state index < -0.39 is 0 Å². The fourth-order valence-electron chi connectivity index (χ4n) is 2.62. The lowest BCUT2D eigenvalue weighted by molar-refractivity contribution is -0.146. The van der Waals surface area contributed by atoms with E-state index in [4.69, 9.17) is 4.74 Å². The van der Waals surface area contributed by atoms with Crippen molar-refractivity contribution in [3.05, 3.63) is 35.5 Å². The van der Waals surface area contributed by atoms with Crippen LogP contribution in [0.2, 0.25) is 0 Å². The molecule has 3 heterocycles. The number of aromatic nitrogens is 2. The second-order valence-electron chi connectivity index (χ2n) is 5.47. The molecule has 24 heavy (non-hydrogen) atoms. The molecule has 3 rings (SSSR count). The minimum atomic E-state index is -0.197. The van der Waals surface area contributed by atoms with Crippen molar-refractivity contribution in [1.82, 2.24) is 14.9 Å². The monoisotopic (exact) mass is 346 g/mol. The van der Waals surface area contributed by atoms with Crippen molar-refractivity contribution in [2.45, 2.75) is 12.8 Å². The summed E-state index contributed by atoms with van der Waals surface area (Å²) in [6.45, 7) is 1.08. The number of esters is 1. The van der Waals surface area contributed by atoms with Gasteiger partial charge in [0.15, 0.2) is 5.13 Å². The molecule has 7 nitrogen and oxygen atoms in total. The number of pyridine rings is 1. The maximum Gasteiger partial charge on any atom is 0.308 e. The van der Waals surface area contributed by atoms with Crippen molar-refractivity contribution in [3.63, 3.8) is 0 Å². The van der Waals surface area contributed by atoms with Crippen molar-refractivity contribution >= 4 is 34.2 Å². The Balaban J connectivity index is 1.59. The third-order valence-electron chi connectivity index (χ3n) is 3.94. The third kappa shape index (κ3) is 3.70. The van der Waals surface area contributed by atoms with Crippen LogP contribution in [0.4, 0.5) is 10.9 Å². The Morgan fingerprint density at radius 3 is 2.79 bits per heavy atom. The maximum absolute atomic E-state index is 12.5. The Hall–Kier alpha value is -2.48. The Labute approximate surface area is 143 Å². The molecule has 0 saturated carbocycles. The standard InChI is InChI=1S/C16H18N4O3S/c1-23-15(22)11-5-8-20(9-6-11)14(21)12-10-24-16(18-12)19-13-4-2-3-7-17-13/h2-4,7,10-11H,5-6,8-9H2,1H3,(H,17,18,19). The lowest BCUT2D eigenvalue weighted by Gasteiger charge is -2.30. The fourth-order valence-corrected chi connectivity index (χ4v) is 3.31. The first-order valence-corrected chi connectivity index (χ1v) is 8.56. The second-order valence-corrected chi connectivity index (χ2v) is 6.33. The van der Waals surface area contributed by atoms with E-state index in [-0.39, 0.29) is 17.8 Å². The van der Waals surface area contributed by atoms with Crippen LogP contribution in [0.5, 0.6) is 0 Å². The minimum Gasteiger partial charge on any atom is -0.469 e. The number of rotatable bonds is 4. The third-order valence-corrected chi connectivity index (χ3v) is 4.70. The molecule has 2 aromatic heterocycles. The van der Waals surface area contributed by atoms with E-state index in [9.17, 15) is 9.59 Å². The van der Waals surface area contributed by atoms with Crippen LogP contribution in [0.1, 0.15) is 23.3 Å². The summed E-state index contributed by atoms with van der Waals surface area (Å²) < 4.78 is 4.76. The molecule has 0 spiro atoms. The Bertz CT molecular complexity index is 711. The van der Waals surface area contributed by atoms with Crippen LogP contribution in [0.15, 0.2) is 29.8 Å². The fraction of sp³-hybridized carbons (Fsp3) is 0.375. The van der Waals surface area contributed by atoms with Crippen molar-refractivity contribution < 1.29 is 14.3 Å². The lowest BCUT2D eigenvalue weighted by Crippen LogP contribution is -2.40. The summed E-state index contributed by atoms with van der Waals surface area (Å²) in [7, 11) is 1.39. The lowest BCUT2D eigenvalue weighted by atomic mass is 9.97. The molecule has 0 radical (unpaired) electrons. The van der Waals surface area contributed by atoms with Gasteiger partial charge in [-0.15, -0.1) is 11.3 Å². The van der Waals surface area contributed by atoms with E-state index in [0.29, 0.717) is 42.6 Å². The molecule has 126 valence electrons. The van der Waals surface area contributed by atoms with Crippen LogP contribution in [0.25, 0.3) is 0 Å². The number of methoxy groups -OCH3 is 1. The van der Waals surface area contributed by atoms with E-state index in [0.717, 1.165) is 0 Å². The Morgan fingerprint density at radius 2 is 2.12 bits per heavy atom. The average Bonchev–Trinajstić information content (AvgIpc) is 3.10. The largest absolute Gasteiger partial charge is 0.469 e. The highest BCUT2D eigenvalue weighted by Gasteiger charge is 2.29. The molecule has 2 aromatic rings. The zero-order chi connectivity index (χ0) is 16.9. The quantitative estimate of drug-likeness (QED) is 0.855. The summed E-state index contributed by atoms with van der Waals surface area (Å²) >= 11 is 1.36. The Morgan fingerprint density at radius 1 is 1.33 bits per heavy atom. The van der Waals surface area contributed by atoms with Gasteiger partial charge < -0.3 is 15.0 Å². The number of nitrogens with one attached hydrogen (secondary N) is 1. The first-order valence-electron chi connectivity index (χ1n) is 7.68. The van der Waals surface area contributed by atoms with Gasteiger partial charge in [-0.2, -0.15) is 0 Å². The SMILES string of the molecule is COC(=O)C1CCN(C(=O)c2csc(Nc3ccccn3)n2)CC1. The number of hydrogen-bond donors (Lipinski definition) is 1. The summed E-state index contributed by atoms with van der Waals surface area (Å²) in [6.07, 6.45) is 2.94. The van der Waals surface area contributed by atoms with E-state index >= 15 is 0 Å².